The van der Waals surface area contributed by atoms with Gasteiger partial charge in [0.05, 0.1) is 50.6 Å². The quantitative estimate of drug-likeness (QED) is 0.183. The van der Waals surface area contributed by atoms with Crippen molar-refractivity contribution in [3.8, 4) is 34.6 Å². The predicted molar refractivity (Wildman–Crippen MR) is 212 cm³/mol. The topological polar surface area (TPSA) is 57.4 Å². The zero-order valence-electron chi connectivity index (χ0n) is 30.9. The van der Waals surface area contributed by atoms with Gasteiger partial charge < -0.3 is 9.13 Å². The van der Waals surface area contributed by atoms with Crippen LogP contribution in [0.15, 0.2) is 115 Å². The SMILES string of the molecule is CC(C)(C)c1ccc2c3ccccc3n(-c3cc(-c4ccc(C(F)(F)F)cc4C#N)cc(-n4c5ccccc5c5ccc(C(C)(C)C)cc54)c3C#N)c2c1. The van der Waals surface area contributed by atoms with Gasteiger partial charge in [-0.3, -0.25) is 0 Å². The van der Waals surface area contributed by atoms with Crippen LogP contribution in [0.5, 0.6) is 0 Å². The summed E-state index contributed by atoms with van der Waals surface area (Å²) >= 11 is 0. The standard InChI is InChI=1S/C47H37F3N4/c1-45(2,3)30-15-19-36-34-11-7-9-13-39(34)53(43(36)24-30)41-22-28(33-18-17-32(47(48,49)50)21-29(33)26-51)23-42(38(41)27-52)54-40-14-10-8-12-35(40)37-20-16-31(25-44(37)54)46(4,5)6/h7-25H,1-6H3. The Morgan fingerprint density at radius 3 is 1.35 bits per heavy atom. The number of para-hydroxylation sites is 2. The molecule has 0 N–H and O–H groups in total. The number of nitriles is 2. The van der Waals surface area contributed by atoms with Crippen LogP contribution in [0.25, 0.3) is 66.1 Å². The first kappa shape index (κ1) is 34.8. The van der Waals surface area contributed by atoms with E-state index in [1.807, 2.05) is 54.6 Å². The van der Waals surface area contributed by atoms with Gasteiger partial charge in [-0.05, 0) is 81.6 Å². The molecule has 0 aliphatic carbocycles. The Morgan fingerprint density at radius 2 is 0.926 bits per heavy atom. The van der Waals surface area contributed by atoms with Crippen molar-refractivity contribution in [1.82, 2.24) is 9.13 Å². The van der Waals surface area contributed by atoms with E-state index in [0.29, 0.717) is 28.1 Å². The second kappa shape index (κ2) is 12.1. The molecule has 7 heteroatoms. The van der Waals surface area contributed by atoms with Gasteiger partial charge in [0.15, 0.2) is 0 Å². The summed E-state index contributed by atoms with van der Waals surface area (Å²) in [6.45, 7) is 12.9. The van der Waals surface area contributed by atoms with Crippen molar-refractivity contribution < 1.29 is 13.2 Å². The number of alkyl halides is 3. The summed E-state index contributed by atoms with van der Waals surface area (Å²) in [5, 5.41) is 25.6. The minimum atomic E-state index is -4.62. The van der Waals surface area contributed by atoms with Gasteiger partial charge in [0.2, 0.25) is 0 Å². The van der Waals surface area contributed by atoms with E-state index in [0.717, 1.165) is 66.9 Å². The van der Waals surface area contributed by atoms with E-state index in [4.69, 9.17) is 0 Å². The molecule has 2 aromatic heterocycles. The monoisotopic (exact) mass is 714 g/mol. The second-order valence-electron chi connectivity index (χ2n) is 16.0. The molecule has 0 spiro atoms. The number of hydrogen-bond donors (Lipinski definition) is 0. The third-order valence-corrected chi connectivity index (χ3v) is 10.5. The summed E-state index contributed by atoms with van der Waals surface area (Å²) in [4.78, 5) is 0. The molecule has 0 aliphatic heterocycles. The summed E-state index contributed by atoms with van der Waals surface area (Å²) in [6.07, 6.45) is -4.62. The Kier molecular flexibility index (Phi) is 7.80. The molecule has 8 aromatic rings. The van der Waals surface area contributed by atoms with Crippen LogP contribution in [0.4, 0.5) is 13.2 Å². The molecule has 0 unspecified atom stereocenters. The maximum atomic E-state index is 13.9. The van der Waals surface area contributed by atoms with Crippen LogP contribution >= 0.6 is 0 Å². The molecule has 0 atom stereocenters. The minimum absolute atomic E-state index is 0.110. The van der Waals surface area contributed by atoms with Crippen LogP contribution in [0.3, 0.4) is 0 Å². The highest BCUT2D eigenvalue weighted by molar-refractivity contribution is 6.11. The Labute approximate surface area is 311 Å². The number of rotatable bonds is 3. The van der Waals surface area contributed by atoms with Crippen LogP contribution < -0.4 is 0 Å². The van der Waals surface area contributed by atoms with Crippen LogP contribution in [0.1, 0.15) is 69.4 Å². The summed E-state index contributed by atoms with van der Waals surface area (Å²) < 4.78 is 45.9. The Hall–Kier alpha value is -6.31. The predicted octanol–water partition coefficient (Wildman–Crippen LogP) is 12.9. The number of fused-ring (bicyclic) bond motifs is 6. The van der Waals surface area contributed by atoms with E-state index >= 15 is 0 Å². The first-order valence-corrected chi connectivity index (χ1v) is 17.9. The third-order valence-electron chi connectivity index (χ3n) is 10.5. The fraction of sp³-hybridized carbons (Fsp3) is 0.191. The van der Waals surface area contributed by atoms with Gasteiger partial charge in [0.25, 0.3) is 0 Å². The van der Waals surface area contributed by atoms with Crippen LogP contribution in [-0.2, 0) is 17.0 Å². The lowest BCUT2D eigenvalue weighted by Gasteiger charge is -2.22. The fourth-order valence-electron chi connectivity index (χ4n) is 7.69. The summed E-state index contributed by atoms with van der Waals surface area (Å²) in [6, 6.07) is 40.5. The highest BCUT2D eigenvalue weighted by Gasteiger charge is 2.32. The summed E-state index contributed by atoms with van der Waals surface area (Å²) in [5.74, 6) is 0. The van der Waals surface area contributed by atoms with E-state index in [1.165, 1.54) is 6.07 Å². The maximum Gasteiger partial charge on any atom is 0.416 e. The molecule has 0 fully saturated rings. The van der Waals surface area contributed by atoms with E-state index < -0.39 is 11.7 Å². The molecule has 266 valence electrons. The van der Waals surface area contributed by atoms with Crippen molar-refractivity contribution in [2.24, 2.45) is 0 Å². The Morgan fingerprint density at radius 1 is 0.481 bits per heavy atom. The molecule has 0 radical (unpaired) electrons. The van der Waals surface area contributed by atoms with Crippen molar-refractivity contribution in [2.45, 2.75) is 58.5 Å². The van der Waals surface area contributed by atoms with E-state index in [1.54, 1.807) is 0 Å². The van der Waals surface area contributed by atoms with Crippen molar-refractivity contribution >= 4 is 43.6 Å². The molecule has 4 nitrogen and oxygen atoms in total. The molecular formula is C47H37F3N4. The van der Waals surface area contributed by atoms with Gasteiger partial charge in [0.1, 0.15) is 11.6 Å². The first-order chi connectivity index (χ1) is 25.6. The summed E-state index contributed by atoms with van der Waals surface area (Å²) in [7, 11) is 0. The number of hydrogen-bond acceptors (Lipinski definition) is 2. The van der Waals surface area contributed by atoms with Crippen molar-refractivity contribution in [2.75, 3.05) is 0 Å². The van der Waals surface area contributed by atoms with Crippen molar-refractivity contribution in [3.05, 3.63) is 143 Å². The number of nitrogens with zero attached hydrogens (tertiary/aromatic N) is 4. The van der Waals surface area contributed by atoms with Crippen molar-refractivity contribution in [3.63, 3.8) is 0 Å². The van der Waals surface area contributed by atoms with Gasteiger partial charge in [0, 0.05) is 21.5 Å². The second-order valence-corrected chi connectivity index (χ2v) is 16.0. The fourth-order valence-corrected chi connectivity index (χ4v) is 7.69. The molecule has 8 rings (SSSR count). The maximum absolute atomic E-state index is 13.9. The average molecular weight is 715 g/mol. The molecule has 0 amide bonds. The van der Waals surface area contributed by atoms with Gasteiger partial charge in [-0.2, -0.15) is 23.7 Å². The van der Waals surface area contributed by atoms with Crippen molar-refractivity contribution in [1.29, 1.82) is 10.5 Å². The van der Waals surface area contributed by atoms with Gasteiger partial charge in [-0.25, -0.2) is 0 Å². The molecular weight excluding hydrogens is 678 g/mol. The van der Waals surface area contributed by atoms with Gasteiger partial charge in [-0.15, -0.1) is 0 Å². The van der Waals surface area contributed by atoms with Crippen LogP contribution in [0, 0.1) is 22.7 Å². The zero-order chi connectivity index (χ0) is 38.3. The average Bonchev–Trinajstić information content (AvgIpc) is 3.65. The first-order valence-electron chi connectivity index (χ1n) is 17.9. The normalized spacial score (nSPS) is 12.5. The van der Waals surface area contributed by atoms with Crippen LogP contribution in [-0.4, -0.2) is 9.13 Å². The minimum Gasteiger partial charge on any atom is -0.308 e. The van der Waals surface area contributed by atoms with Crippen LogP contribution in [0.2, 0.25) is 0 Å². The van der Waals surface area contributed by atoms with E-state index in [-0.39, 0.29) is 16.4 Å². The van der Waals surface area contributed by atoms with E-state index in [9.17, 15) is 23.7 Å². The molecule has 0 saturated carbocycles. The number of benzene rings is 6. The zero-order valence-corrected chi connectivity index (χ0v) is 30.9. The summed E-state index contributed by atoms with van der Waals surface area (Å²) in [5.41, 5.74) is 6.78. The third kappa shape index (κ3) is 5.51. The Balaban J connectivity index is 1.57. The lowest BCUT2D eigenvalue weighted by Crippen LogP contribution is -2.11. The number of aromatic nitrogens is 2. The molecule has 54 heavy (non-hydrogen) atoms. The highest BCUT2D eigenvalue weighted by Crippen LogP contribution is 2.43. The molecule has 2 heterocycles. The highest BCUT2D eigenvalue weighted by atomic mass is 19.4. The van der Waals surface area contributed by atoms with Gasteiger partial charge >= 0.3 is 6.18 Å². The lowest BCUT2D eigenvalue weighted by atomic mass is 9.86. The smallest absolute Gasteiger partial charge is 0.308 e. The number of halogens is 3. The molecule has 0 saturated heterocycles. The molecule has 0 aliphatic rings. The largest absolute Gasteiger partial charge is 0.416 e. The van der Waals surface area contributed by atoms with E-state index in [2.05, 4.69) is 105 Å². The Bertz CT molecular complexity index is 2760. The molecule has 0 bridgehead atoms. The lowest BCUT2D eigenvalue weighted by molar-refractivity contribution is -0.137. The molecule has 6 aromatic carbocycles. The van der Waals surface area contributed by atoms with Gasteiger partial charge in [-0.1, -0.05) is 108 Å².